The van der Waals surface area contributed by atoms with Gasteiger partial charge < -0.3 is 9.64 Å². The second-order valence-corrected chi connectivity index (χ2v) is 7.97. The Kier molecular flexibility index (Phi) is 7.62. The van der Waals surface area contributed by atoms with E-state index in [4.69, 9.17) is 4.74 Å². The maximum atomic E-state index is 12.4. The Balaban J connectivity index is 1.62. The van der Waals surface area contributed by atoms with Crippen molar-refractivity contribution in [3.8, 4) is 0 Å². The molecular formula is C19H36FNO. The van der Waals surface area contributed by atoms with Crippen LogP contribution in [0.3, 0.4) is 0 Å². The van der Waals surface area contributed by atoms with Gasteiger partial charge in [0.05, 0.1) is 6.10 Å². The minimum Gasteiger partial charge on any atom is -0.378 e. The monoisotopic (exact) mass is 313 g/mol. The van der Waals surface area contributed by atoms with Gasteiger partial charge in [-0.25, -0.2) is 4.39 Å². The van der Waals surface area contributed by atoms with E-state index in [0.717, 1.165) is 43.9 Å². The van der Waals surface area contributed by atoms with Gasteiger partial charge in [-0.3, -0.25) is 0 Å². The van der Waals surface area contributed by atoms with E-state index in [2.05, 4.69) is 25.7 Å². The van der Waals surface area contributed by atoms with Gasteiger partial charge in [0.1, 0.15) is 6.67 Å². The molecule has 2 aliphatic rings. The highest BCUT2D eigenvalue weighted by molar-refractivity contribution is 4.80. The van der Waals surface area contributed by atoms with Crippen molar-refractivity contribution in [3.05, 3.63) is 0 Å². The van der Waals surface area contributed by atoms with Crippen LogP contribution in [-0.4, -0.2) is 43.9 Å². The SMILES string of the molecule is CC(C)[C@H]1CCC[C@@H](OCCC(C)[C@H]2CCN(CCF)C2)C1. The molecular weight excluding hydrogens is 277 g/mol. The molecule has 0 aromatic heterocycles. The van der Waals surface area contributed by atoms with E-state index in [9.17, 15) is 4.39 Å². The molecule has 22 heavy (non-hydrogen) atoms. The van der Waals surface area contributed by atoms with Crippen LogP contribution in [0.15, 0.2) is 0 Å². The Morgan fingerprint density at radius 1 is 1.14 bits per heavy atom. The lowest BCUT2D eigenvalue weighted by atomic mass is 9.80. The number of nitrogens with zero attached hydrogens (tertiary/aromatic N) is 1. The first-order valence-electron chi connectivity index (χ1n) is 9.50. The molecule has 0 radical (unpaired) electrons. The average Bonchev–Trinajstić information content (AvgIpc) is 2.96. The van der Waals surface area contributed by atoms with E-state index in [0.29, 0.717) is 18.6 Å². The highest BCUT2D eigenvalue weighted by Gasteiger charge is 2.28. The molecule has 0 amide bonds. The van der Waals surface area contributed by atoms with Crippen molar-refractivity contribution in [3.63, 3.8) is 0 Å². The van der Waals surface area contributed by atoms with E-state index in [-0.39, 0.29) is 6.67 Å². The maximum absolute atomic E-state index is 12.4. The largest absolute Gasteiger partial charge is 0.378 e. The molecule has 2 nitrogen and oxygen atoms in total. The van der Waals surface area contributed by atoms with Crippen LogP contribution in [0.4, 0.5) is 4.39 Å². The Bertz CT molecular complexity index is 310. The molecule has 0 aromatic rings. The summed E-state index contributed by atoms with van der Waals surface area (Å²) in [5, 5.41) is 0. The fourth-order valence-corrected chi connectivity index (χ4v) is 4.24. The molecule has 1 aliphatic heterocycles. The van der Waals surface area contributed by atoms with Gasteiger partial charge in [-0.2, -0.15) is 0 Å². The summed E-state index contributed by atoms with van der Waals surface area (Å²) >= 11 is 0. The number of halogens is 1. The third-order valence-electron chi connectivity index (χ3n) is 6.05. The zero-order valence-corrected chi connectivity index (χ0v) is 14.9. The lowest BCUT2D eigenvalue weighted by Crippen LogP contribution is -2.27. The van der Waals surface area contributed by atoms with Crippen molar-refractivity contribution in [1.82, 2.24) is 4.90 Å². The predicted octanol–water partition coefficient (Wildman–Crippen LogP) is 4.54. The molecule has 130 valence electrons. The molecule has 1 saturated heterocycles. The molecule has 0 bridgehead atoms. The molecule has 1 unspecified atom stereocenters. The molecule has 2 fully saturated rings. The van der Waals surface area contributed by atoms with Crippen LogP contribution in [0, 0.1) is 23.7 Å². The number of likely N-dealkylation sites (tertiary alicyclic amines) is 1. The Hall–Kier alpha value is -0.150. The van der Waals surface area contributed by atoms with E-state index in [1.807, 2.05) is 0 Å². The van der Waals surface area contributed by atoms with Crippen molar-refractivity contribution in [2.45, 2.75) is 65.4 Å². The van der Waals surface area contributed by atoms with Crippen LogP contribution in [-0.2, 0) is 4.74 Å². The number of rotatable bonds is 8. The fraction of sp³-hybridized carbons (Fsp3) is 1.00. The van der Waals surface area contributed by atoms with Crippen LogP contribution < -0.4 is 0 Å². The first kappa shape index (κ1) is 18.2. The van der Waals surface area contributed by atoms with Crippen LogP contribution >= 0.6 is 0 Å². The minimum absolute atomic E-state index is 0.205. The fourth-order valence-electron chi connectivity index (χ4n) is 4.24. The van der Waals surface area contributed by atoms with Crippen LogP contribution in [0.1, 0.15) is 59.3 Å². The molecule has 1 heterocycles. The van der Waals surface area contributed by atoms with Crippen LogP contribution in [0.5, 0.6) is 0 Å². The summed E-state index contributed by atoms with van der Waals surface area (Å²) < 4.78 is 18.6. The number of hydrogen-bond donors (Lipinski definition) is 0. The summed E-state index contributed by atoms with van der Waals surface area (Å²) in [4.78, 5) is 2.27. The van der Waals surface area contributed by atoms with Gasteiger partial charge in [0.25, 0.3) is 0 Å². The highest BCUT2D eigenvalue weighted by Crippen LogP contribution is 2.32. The lowest BCUT2D eigenvalue weighted by molar-refractivity contribution is -0.00147. The highest BCUT2D eigenvalue weighted by atomic mass is 19.1. The number of hydrogen-bond acceptors (Lipinski definition) is 2. The standard InChI is InChI=1S/C19H36FNO/c1-15(2)17-5-4-6-19(13-17)22-12-8-16(3)18-7-10-21(14-18)11-9-20/h15-19H,4-14H2,1-3H3/t16?,17-,18-,19+/m0/s1. The topological polar surface area (TPSA) is 12.5 Å². The molecule has 0 aromatic carbocycles. The summed E-state index contributed by atoms with van der Waals surface area (Å²) in [6, 6.07) is 0. The predicted molar refractivity (Wildman–Crippen MR) is 90.8 cm³/mol. The van der Waals surface area contributed by atoms with Gasteiger partial charge in [-0.15, -0.1) is 0 Å². The van der Waals surface area contributed by atoms with Crippen molar-refractivity contribution in [2.75, 3.05) is 32.9 Å². The van der Waals surface area contributed by atoms with Gasteiger partial charge in [0.15, 0.2) is 0 Å². The van der Waals surface area contributed by atoms with E-state index in [1.54, 1.807) is 0 Å². The van der Waals surface area contributed by atoms with E-state index >= 15 is 0 Å². The summed E-state index contributed by atoms with van der Waals surface area (Å²) in [6.45, 7) is 10.5. The zero-order chi connectivity index (χ0) is 15.9. The third-order valence-corrected chi connectivity index (χ3v) is 6.05. The number of alkyl halides is 1. The molecule has 1 saturated carbocycles. The molecule has 4 atom stereocenters. The van der Waals surface area contributed by atoms with E-state index in [1.165, 1.54) is 32.1 Å². The minimum atomic E-state index is -0.205. The maximum Gasteiger partial charge on any atom is 0.102 e. The van der Waals surface area contributed by atoms with Gasteiger partial charge in [-0.1, -0.05) is 33.6 Å². The molecule has 1 aliphatic carbocycles. The summed E-state index contributed by atoms with van der Waals surface area (Å²) in [7, 11) is 0. The van der Waals surface area contributed by atoms with Gasteiger partial charge in [0.2, 0.25) is 0 Å². The molecule has 3 heteroatoms. The average molecular weight is 314 g/mol. The van der Waals surface area contributed by atoms with Gasteiger partial charge in [0, 0.05) is 19.7 Å². The van der Waals surface area contributed by atoms with Gasteiger partial charge >= 0.3 is 0 Å². The molecule has 0 N–H and O–H groups in total. The quantitative estimate of drug-likeness (QED) is 0.652. The van der Waals surface area contributed by atoms with Gasteiger partial charge in [-0.05, 0) is 55.9 Å². The normalized spacial score (nSPS) is 31.8. The Morgan fingerprint density at radius 3 is 2.68 bits per heavy atom. The van der Waals surface area contributed by atoms with E-state index < -0.39 is 0 Å². The zero-order valence-electron chi connectivity index (χ0n) is 14.9. The van der Waals surface area contributed by atoms with Crippen LogP contribution in [0.2, 0.25) is 0 Å². The molecule has 0 spiro atoms. The smallest absolute Gasteiger partial charge is 0.102 e. The van der Waals surface area contributed by atoms with Crippen molar-refractivity contribution < 1.29 is 9.13 Å². The Morgan fingerprint density at radius 2 is 1.95 bits per heavy atom. The summed E-state index contributed by atoms with van der Waals surface area (Å²) in [6.07, 6.45) is 8.15. The van der Waals surface area contributed by atoms with Crippen molar-refractivity contribution >= 4 is 0 Å². The Labute approximate surface area is 136 Å². The summed E-state index contributed by atoms with van der Waals surface area (Å²) in [5.41, 5.74) is 0. The second kappa shape index (κ2) is 9.22. The number of ether oxygens (including phenoxy) is 1. The summed E-state index contributed by atoms with van der Waals surface area (Å²) in [5.74, 6) is 3.10. The lowest BCUT2D eigenvalue weighted by Gasteiger charge is -2.32. The first-order valence-corrected chi connectivity index (χ1v) is 9.50. The van der Waals surface area contributed by atoms with Crippen molar-refractivity contribution in [2.24, 2.45) is 23.7 Å². The second-order valence-electron chi connectivity index (χ2n) is 7.97. The third kappa shape index (κ3) is 5.49. The molecule has 2 rings (SSSR count). The first-order chi connectivity index (χ1) is 10.6. The van der Waals surface area contributed by atoms with Crippen molar-refractivity contribution in [1.29, 1.82) is 0 Å². The van der Waals surface area contributed by atoms with Crippen LogP contribution in [0.25, 0.3) is 0 Å².